The molecular weight excluding hydrogens is 364 g/mol. The highest BCUT2D eigenvalue weighted by molar-refractivity contribution is 7.22. The summed E-state index contributed by atoms with van der Waals surface area (Å²) in [6.07, 6.45) is 0.954. The first kappa shape index (κ1) is 18.8. The van der Waals surface area contributed by atoms with Gasteiger partial charge in [-0.25, -0.2) is 9.78 Å². The lowest BCUT2D eigenvalue weighted by molar-refractivity contribution is -0.116. The van der Waals surface area contributed by atoms with Gasteiger partial charge in [-0.15, -0.1) is 0 Å². The molecule has 7 heteroatoms. The molecule has 0 spiro atoms. The summed E-state index contributed by atoms with van der Waals surface area (Å²) in [5.41, 5.74) is 1.21. The molecule has 0 saturated carbocycles. The molecule has 1 amide bonds. The minimum atomic E-state index is -0.364. The van der Waals surface area contributed by atoms with E-state index in [2.05, 4.69) is 10.3 Å². The summed E-state index contributed by atoms with van der Waals surface area (Å²) >= 11 is 1.33. The number of nitrogens with one attached hydrogen (secondary N) is 1. The van der Waals surface area contributed by atoms with Gasteiger partial charge in [0.25, 0.3) is 0 Å². The second-order valence-corrected chi connectivity index (χ2v) is 6.77. The SMILES string of the molecule is CCOC(=O)c1ccc2nc(NC(=O)CCCOc3ccccc3)sc2c1. The molecule has 1 heterocycles. The number of para-hydroxylation sites is 1. The van der Waals surface area contributed by atoms with Crippen molar-refractivity contribution in [2.24, 2.45) is 0 Å². The summed E-state index contributed by atoms with van der Waals surface area (Å²) in [4.78, 5) is 28.3. The van der Waals surface area contributed by atoms with Crippen LogP contribution in [0.4, 0.5) is 5.13 Å². The van der Waals surface area contributed by atoms with Crippen molar-refractivity contribution < 1.29 is 19.1 Å². The molecule has 0 fully saturated rings. The third-order valence-corrected chi connectivity index (χ3v) is 4.64. The molecule has 0 atom stereocenters. The number of carbonyl (C=O) groups is 2. The van der Waals surface area contributed by atoms with Gasteiger partial charge in [0.2, 0.25) is 5.91 Å². The van der Waals surface area contributed by atoms with Crippen molar-refractivity contribution in [3.05, 3.63) is 54.1 Å². The molecule has 0 bridgehead atoms. The molecule has 140 valence electrons. The van der Waals surface area contributed by atoms with Crippen molar-refractivity contribution >= 4 is 38.6 Å². The van der Waals surface area contributed by atoms with Crippen molar-refractivity contribution in [3.8, 4) is 5.75 Å². The van der Waals surface area contributed by atoms with Crippen LogP contribution in [0.5, 0.6) is 5.75 Å². The van der Waals surface area contributed by atoms with Gasteiger partial charge in [-0.1, -0.05) is 29.5 Å². The van der Waals surface area contributed by atoms with Crippen LogP contribution in [0.3, 0.4) is 0 Å². The lowest BCUT2D eigenvalue weighted by atomic mass is 10.2. The van der Waals surface area contributed by atoms with E-state index in [4.69, 9.17) is 9.47 Å². The smallest absolute Gasteiger partial charge is 0.338 e. The van der Waals surface area contributed by atoms with E-state index in [0.29, 0.717) is 36.8 Å². The first-order chi connectivity index (χ1) is 13.2. The molecule has 0 aliphatic heterocycles. The minimum absolute atomic E-state index is 0.115. The summed E-state index contributed by atoms with van der Waals surface area (Å²) < 4.78 is 11.4. The summed E-state index contributed by atoms with van der Waals surface area (Å²) in [7, 11) is 0. The van der Waals surface area contributed by atoms with Gasteiger partial charge in [0, 0.05) is 6.42 Å². The van der Waals surface area contributed by atoms with Crippen LogP contribution in [-0.2, 0) is 9.53 Å². The maximum atomic E-state index is 12.1. The highest BCUT2D eigenvalue weighted by Gasteiger charge is 2.11. The number of hydrogen-bond donors (Lipinski definition) is 1. The van der Waals surface area contributed by atoms with Gasteiger partial charge in [-0.05, 0) is 43.7 Å². The number of amides is 1. The predicted molar refractivity (Wildman–Crippen MR) is 105 cm³/mol. The van der Waals surface area contributed by atoms with E-state index in [1.807, 2.05) is 30.3 Å². The first-order valence-corrected chi connectivity index (χ1v) is 9.53. The number of carbonyl (C=O) groups excluding carboxylic acids is 2. The molecule has 3 rings (SSSR count). The van der Waals surface area contributed by atoms with E-state index in [-0.39, 0.29) is 11.9 Å². The molecule has 1 aromatic heterocycles. The normalized spacial score (nSPS) is 10.6. The average molecular weight is 384 g/mol. The molecule has 2 aromatic carbocycles. The molecule has 1 N–H and O–H groups in total. The van der Waals surface area contributed by atoms with Crippen molar-refractivity contribution in [1.82, 2.24) is 4.98 Å². The van der Waals surface area contributed by atoms with E-state index in [1.165, 1.54) is 11.3 Å². The van der Waals surface area contributed by atoms with E-state index < -0.39 is 0 Å². The second-order valence-electron chi connectivity index (χ2n) is 5.74. The Labute approximate surface area is 161 Å². The van der Waals surface area contributed by atoms with Crippen LogP contribution in [0.1, 0.15) is 30.1 Å². The minimum Gasteiger partial charge on any atom is -0.494 e. The molecule has 0 aliphatic rings. The van der Waals surface area contributed by atoms with Gasteiger partial charge in [-0.2, -0.15) is 0 Å². The van der Waals surface area contributed by atoms with Crippen LogP contribution in [-0.4, -0.2) is 30.1 Å². The Morgan fingerprint density at radius 2 is 1.96 bits per heavy atom. The summed E-state index contributed by atoms with van der Waals surface area (Å²) in [6, 6.07) is 14.7. The van der Waals surface area contributed by atoms with Crippen LogP contribution in [0.25, 0.3) is 10.2 Å². The van der Waals surface area contributed by atoms with Crippen molar-refractivity contribution in [1.29, 1.82) is 0 Å². The van der Waals surface area contributed by atoms with Crippen molar-refractivity contribution in [2.45, 2.75) is 19.8 Å². The molecule has 0 aliphatic carbocycles. The van der Waals surface area contributed by atoms with Gasteiger partial charge >= 0.3 is 5.97 Å². The second kappa shape index (κ2) is 9.14. The van der Waals surface area contributed by atoms with Gasteiger partial charge in [-0.3, -0.25) is 4.79 Å². The van der Waals surface area contributed by atoms with E-state index in [0.717, 1.165) is 16.0 Å². The van der Waals surface area contributed by atoms with Crippen molar-refractivity contribution in [2.75, 3.05) is 18.5 Å². The lowest BCUT2D eigenvalue weighted by Gasteiger charge is -2.05. The number of nitrogens with zero attached hydrogens (tertiary/aromatic N) is 1. The van der Waals surface area contributed by atoms with Crippen LogP contribution in [0, 0.1) is 0 Å². The zero-order valence-corrected chi connectivity index (χ0v) is 15.8. The van der Waals surface area contributed by atoms with Crippen molar-refractivity contribution in [3.63, 3.8) is 0 Å². The summed E-state index contributed by atoms with van der Waals surface area (Å²) in [5, 5.41) is 3.31. The topological polar surface area (TPSA) is 77.5 Å². The Morgan fingerprint density at radius 3 is 2.74 bits per heavy atom. The molecular formula is C20H20N2O4S. The zero-order valence-electron chi connectivity index (χ0n) is 14.9. The van der Waals surface area contributed by atoms with Gasteiger partial charge in [0.05, 0.1) is 29.0 Å². The number of fused-ring (bicyclic) bond motifs is 1. The highest BCUT2D eigenvalue weighted by Crippen LogP contribution is 2.27. The number of thiazole rings is 1. The molecule has 6 nitrogen and oxygen atoms in total. The van der Waals surface area contributed by atoms with E-state index in [1.54, 1.807) is 25.1 Å². The lowest BCUT2D eigenvalue weighted by Crippen LogP contribution is -2.12. The average Bonchev–Trinajstić information content (AvgIpc) is 3.07. The molecule has 0 unspecified atom stereocenters. The number of hydrogen-bond acceptors (Lipinski definition) is 6. The third kappa shape index (κ3) is 5.27. The summed E-state index contributed by atoms with van der Waals surface area (Å²) in [6.45, 7) is 2.57. The van der Waals surface area contributed by atoms with Gasteiger partial charge < -0.3 is 14.8 Å². The molecule has 0 radical (unpaired) electrons. The maximum absolute atomic E-state index is 12.1. The Morgan fingerprint density at radius 1 is 1.15 bits per heavy atom. The van der Waals surface area contributed by atoms with Crippen LogP contribution in [0.15, 0.2) is 48.5 Å². The van der Waals surface area contributed by atoms with Gasteiger partial charge in [0.15, 0.2) is 5.13 Å². The molecule has 0 saturated heterocycles. The quantitative estimate of drug-likeness (QED) is 0.463. The summed E-state index contributed by atoms with van der Waals surface area (Å²) in [5.74, 6) is 0.314. The van der Waals surface area contributed by atoms with Crippen LogP contribution in [0.2, 0.25) is 0 Å². The number of ether oxygens (including phenoxy) is 2. The van der Waals surface area contributed by atoms with Gasteiger partial charge in [0.1, 0.15) is 5.75 Å². The Bertz CT molecular complexity index is 924. The van der Waals surface area contributed by atoms with E-state index in [9.17, 15) is 9.59 Å². The Hall–Kier alpha value is -2.93. The highest BCUT2D eigenvalue weighted by atomic mass is 32.1. The van der Waals surface area contributed by atoms with Crippen LogP contribution >= 0.6 is 11.3 Å². The van der Waals surface area contributed by atoms with Crippen LogP contribution < -0.4 is 10.1 Å². The maximum Gasteiger partial charge on any atom is 0.338 e. The number of anilines is 1. The monoisotopic (exact) mass is 384 g/mol. The number of esters is 1. The standard InChI is InChI=1S/C20H20N2O4S/c1-2-25-19(24)14-10-11-16-17(13-14)27-20(21-16)22-18(23)9-6-12-26-15-7-4-3-5-8-15/h3-5,7-8,10-11,13H,2,6,9,12H2,1H3,(H,21,22,23). The third-order valence-electron chi connectivity index (χ3n) is 3.71. The Balaban J connectivity index is 1.51. The largest absolute Gasteiger partial charge is 0.494 e. The number of aromatic nitrogens is 1. The Kier molecular flexibility index (Phi) is 6.38. The zero-order chi connectivity index (χ0) is 19.1. The number of rotatable bonds is 8. The first-order valence-electron chi connectivity index (χ1n) is 8.71. The fourth-order valence-corrected chi connectivity index (χ4v) is 3.36. The number of benzene rings is 2. The molecule has 3 aromatic rings. The van der Waals surface area contributed by atoms with E-state index >= 15 is 0 Å². The predicted octanol–water partition coefficient (Wildman–Crippen LogP) is 4.27. The molecule has 27 heavy (non-hydrogen) atoms. The fraction of sp³-hybridized carbons (Fsp3) is 0.250. The fourth-order valence-electron chi connectivity index (χ4n) is 2.44.